The predicted molar refractivity (Wildman–Crippen MR) is 79.5 cm³/mol. The molecule has 6 heteroatoms. The minimum absolute atomic E-state index is 0.156. The number of ether oxygens (including phenoxy) is 1. The summed E-state index contributed by atoms with van der Waals surface area (Å²) >= 11 is 0. The van der Waals surface area contributed by atoms with Crippen LogP contribution in [0.3, 0.4) is 0 Å². The van der Waals surface area contributed by atoms with E-state index in [1.807, 2.05) is 13.8 Å². The third kappa shape index (κ3) is 3.44. The van der Waals surface area contributed by atoms with Crippen molar-refractivity contribution in [3.63, 3.8) is 0 Å². The third-order valence-electron chi connectivity index (χ3n) is 4.17. The monoisotopic (exact) mass is 293 g/mol. The van der Waals surface area contributed by atoms with Crippen molar-refractivity contribution in [1.82, 2.24) is 9.78 Å². The van der Waals surface area contributed by atoms with Crippen LogP contribution in [0.15, 0.2) is 17.1 Å². The second-order valence-electron chi connectivity index (χ2n) is 6.67. The normalized spacial score (nSPS) is 23.1. The quantitative estimate of drug-likeness (QED) is 0.882. The topological polar surface area (TPSA) is 67.6 Å². The number of aromatic nitrogens is 2. The van der Waals surface area contributed by atoms with Gasteiger partial charge in [-0.05, 0) is 32.6 Å². The Balaban J connectivity index is 1.72. The molecule has 1 aliphatic carbocycles. The van der Waals surface area contributed by atoms with Crippen LogP contribution in [0.4, 0.5) is 5.69 Å². The first-order valence-electron chi connectivity index (χ1n) is 7.59. The average molecular weight is 293 g/mol. The largest absolute Gasteiger partial charge is 0.391 e. The van der Waals surface area contributed by atoms with Gasteiger partial charge in [0.25, 0.3) is 5.56 Å². The van der Waals surface area contributed by atoms with Gasteiger partial charge in [0.05, 0.1) is 36.7 Å². The molecule has 6 nitrogen and oxygen atoms in total. The van der Waals surface area contributed by atoms with Crippen molar-refractivity contribution in [2.75, 3.05) is 24.6 Å². The van der Waals surface area contributed by atoms with Crippen LogP contribution >= 0.6 is 0 Å². The van der Waals surface area contributed by atoms with Crippen LogP contribution in [0.25, 0.3) is 0 Å². The Morgan fingerprint density at radius 3 is 2.90 bits per heavy atom. The van der Waals surface area contributed by atoms with Gasteiger partial charge in [0, 0.05) is 19.2 Å². The Bertz CT molecular complexity index is 566. The van der Waals surface area contributed by atoms with Crippen molar-refractivity contribution in [2.24, 2.45) is 5.92 Å². The molecule has 1 aromatic heterocycles. The summed E-state index contributed by atoms with van der Waals surface area (Å²) in [7, 11) is 0. The fourth-order valence-corrected chi connectivity index (χ4v) is 2.78. The first-order chi connectivity index (χ1) is 9.94. The SMILES string of the molecule is CC1(C)CN(c2cnn(CC(O)C3CC3)c(=O)c2)CCO1. The molecule has 0 aromatic carbocycles. The van der Waals surface area contributed by atoms with Crippen LogP contribution in [-0.2, 0) is 11.3 Å². The number of nitrogens with zero attached hydrogens (tertiary/aromatic N) is 3. The van der Waals surface area contributed by atoms with Gasteiger partial charge in [0.15, 0.2) is 0 Å². The molecule has 1 unspecified atom stereocenters. The van der Waals surface area contributed by atoms with Gasteiger partial charge in [0.1, 0.15) is 0 Å². The van der Waals surface area contributed by atoms with E-state index in [9.17, 15) is 9.90 Å². The van der Waals surface area contributed by atoms with E-state index in [2.05, 4.69) is 10.00 Å². The standard InChI is InChI=1S/C15H23N3O3/c1-15(2)10-17(5-6-21-15)12-7-14(20)18(16-8-12)9-13(19)11-3-4-11/h7-8,11,13,19H,3-6,9-10H2,1-2H3. The fourth-order valence-electron chi connectivity index (χ4n) is 2.78. The zero-order chi connectivity index (χ0) is 15.0. The molecule has 1 N–H and O–H groups in total. The number of hydrogen-bond acceptors (Lipinski definition) is 5. The highest BCUT2D eigenvalue weighted by Crippen LogP contribution is 2.32. The summed E-state index contributed by atoms with van der Waals surface area (Å²) in [6.45, 7) is 6.52. The van der Waals surface area contributed by atoms with E-state index in [4.69, 9.17) is 4.74 Å². The summed E-state index contributed by atoms with van der Waals surface area (Å²) in [6.07, 6.45) is 3.36. The number of aliphatic hydroxyl groups excluding tert-OH is 1. The van der Waals surface area contributed by atoms with Gasteiger partial charge < -0.3 is 14.7 Å². The summed E-state index contributed by atoms with van der Waals surface area (Å²) in [5.41, 5.74) is 0.458. The van der Waals surface area contributed by atoms with Crippen LogP contribution < -0.4 is 10.5 Å². The van der Waals surface area contributed by atoms with Crippen LogP contribution in [0, 0.1) is 5.92 Å². The molecule has 1 atom stereocenters. The molecule has 1 aliphatic heterocycles. The molecule has 2 heterocycles. The maximum atomic E-state index is 12.2. The molecule has 0 radical (unpaired) electrons. The van der Waals surface area contributed by atoms with Crippen molar-refractivity contribution in [1.29, 1.82) is 0 Å². The van der Waals surface area contributed by atoms with Gasteiger partial charge in [-0.15, -0.1) is 0 Å². The number of rotatable bonds is 4. The molecule has 0 amide bonds. The maximum absolute atomic E-state index is 12.2. The lowest BCUT2D eigenvalue weighted by Crippen LogP contribution is -2.48. The van der Waals surface area contributed by atoms with E-state index in [1.54, 1.807) is 12.3 Å². The molecule has 3 rings (SSSR count). The predicted octanol–water partition coefficient (Wildman–Crippen LogP) is 0.629. The van der Waals surface area contributed by atoms with Crippen molar-refractivity contribution in [3.05, 3.63) is 22.6 Å². The molecule has 21 heavy (non-hydrogen) atoms. The van der Waals surface area contributed by atoms with Crippen LogP contribution in [0.1, 0.15) is 26.7 Å². The summed E-state index contributed by atoms with van der Waals surface area (Å²) in [6, 6.07) is 1.61. The molecule has 2 fully saturated rings. The molecule has 1 saturated heterocycles. The highest BCUT2D eigenvalue weighted by Gasteiger charge is 2.31. The molecule has 116 valence electrons. The first-order valence-corrected chi connectivity index (χ1v) is 7.59. The lowest BCUT2D eigenvalue weighted by Gasteiger charge is -2.39. The molecule has 1 saturated carbocycles. The highest BCUT2D eigenvalue weighted by molar-refractivity contribution is 5.43. The van der Waals surface area contributed by atoms with Crippen molar-refractivity contribution < 1.29 is 9.84 Å². The van der Waals surface area contributed by atoms with E-state index in [-0.39, 0.29) is 11.2 Å². The second kappa shape index (κ2) is 5.42. The lowest BCUT2D eigenvalue weighted by molar-refractivity contribution is -0.0277. The average Bonchev–Trinajstić information content (AvgIpc) is 3.24. The minimum Gasteiger partial charge on any atom is -0.391 e. The summed E-state index contributed by atoms with van der Waals surface area (Å²) in [4.78, 5) is 14.3. The maximum Gasteiger partial charge on any atom is 0.268 e. The van der Waals surface area contributed by atoms with E-state index in [1.165, 1.54) is 4.68 Å². The van der Waals surface area contributed by atoms with Crippen molar-refractivity contribution in [3.8, 4) is 0 Å². The molecular formula is C15H23N3O3. The Morgan fingerprint density at radius 2 is 2.29 bits per heavy atom. The van der Waals surface area contributed by atoms with E-state index < -0.39 is 6.10 Å². The summed E-state index contributed by atoms with van der Waals surface area (Å²) < 4.78 is 7.04. The third-order valence-corrected chi connectivity index (χ3v) is 4.17. The second-order valence-corrected chi connectivity index (χ2v) is 6.67. The Morgan fingerprint density at radius 1 is 1.52 bits per heavy atom. The number of aliphatic hydroxyl groups is 1. The summed E-state index contributed by atoms with van der Waals surface area (Å²) in [5, 5.41) is 14.1. The molecule has 1 aromatic rings. The van der Waals surface area contributed by atoms with Gasteiger partial charge >= 0.3 is 0 Å². The molecule has 2 aliphatic rings. The van der Waals surface area contributed by atoms with Crippen LogP contribution in [0.2, 0.25) is 0 Å². The summed E-state index contributed by atoms with van der Waals surface area (Å²) in [5.74, 6) is 0.346. The zero-order valence-electron chi connectivity index (χ0n) is 12.7. The lowest BCUT2D eigenvalue weighted by atomic mass is 10.1. The van der Waals surface area contributed by atoms with Gasteiger partial charge in [0.2, 0.25) is 0 Å². The van der Waals surface area contributed by atoms with Gasteiger partial charge in [-0.2, -0.15) is 5.10 Å². The first kappa shape index (κ1) is 14.5. The van der Waals surface area contributed by atoms with E-state index in [0.717, 1.165) is 31.6 Å². The van der Waals surface area contributed by atoms with Crippen molar-refractivity contribution >= 4 is 5.69 Å². The molecular weight excluding hydrogens is 270 g/mol. The smallest absolute Gasteiger partial charge is 0.268 e. The van der Waals surface area contributed by atoms with Crippen LogP contribution in [-0.4, -0.2) is 46.3 Å². The van der Waals surface area contributed by atoms with Gasteiger partial charge in [-0.3, -0.25) is 4.79 Å². The number of hydrogen-bond donors (Lipinski definition) is 1. The van der Waals surface area contributed by atoms with Gasteiger partial charge in [-0.1, -0.05) is 0 Å². The van der Waals surface area contributed by atoms with E-state index >= 15 is 0 Å². The Hall–Kier alpha value is -1.40. The van der Waals surface area contributed by atoms with E-state index in [0.29, 0.717) is 19.1 Å². The highest BCUT2D eigenvalue weighted by atomic mass is 16.5. The van der Waals surface area contributed by atoms with Crippen LogP contribution in [0.5, 0.6) is 0 Å². The fraction of sp³-hybridized carbons (Fsp3) is 0.733. The van der Waals surface area contributed by atoms with Crippen molar-refractivity contribution in [2.45, 2.75) is 44.9 Å². The Kier molecular flexibility index (Phi) is 3.75. The number of morpholine rings is 1. The minimum atomic E-state index is -0.455. The van der Waals surface area contributed by atoms with Gasteiger partial charge in [-0.25, -0.2) is 4.68 Å². The zero-order valence-corrected chi connectivity index (χ0v) is 12.7. The molecule has 0 bridgehead atoms. The number of anilines is 1. The Labute approximate surface area is 124 Å². The molecule has 0 spiro atoms.